The van der Waals surface area contributed by atoms with E-state index in [4.69, 9.17) is 15.2 Å². The van der Waals surface area contributed by atoms with Gasteiger partial charge in [0, 0.05) is 5.54 Å². The molecule has 0 aliphatic heterocycles. The van der Waals surface area contributed by atoms with E-state index in [1.165, 1.54) is 0 Å². The van der Waals surface area contributed by atoms with Crippen molar-refractivity contribution in [2.75, 3.05) is 13.7 Å². The standard InChI is InChI=1S/C15H25N3O2/c1-6-20-12-8-7-11(9-13(12)19-5)10-17-14(16)18-15(2,3)4/h7-9H,6,10H2,1-5H3,(H3,16,17,18). The molecule has 112 valence electrons. The Morgan fingerprint density at radius 3 is 2.55 bits per heavy atom. The van der Waals surface area contributed by atoms with Gasteiger partial charge in [-0.3, -0.25) is 0 Å². The number of guanidine groups is 1. The van der Waals surface area contributed by atoms with Crippen molar-refractivity contribution in [1.29, 1.82) is 0 Å². The highest BCUT2D eigenvalue weighted by Crippen LogP contribution is 2.28. The Balaban J connectivity index is 2.76. The Hall–Kier alpha value is -1.91. The number of nitrogens with zero attached hydrogens (tertiary/aromatic N) is 1. The van der Waals surface area contributed by atoms with Gasteiger partial charge in [0.05, 0.1) is 20.3 Å². The highest BCUT2D eigenvalue weighted by atomic mass is 16.5. The third kappa shape index (κ3) is 5.38. The van der Waals surface area contributed by atoms with E-state index in [2.05, 4.69) is 10.3 Å². The van der Waals surface area contributed by atoms with Gasteiger partial charge >= 0.3 is 0 Å². The molecule has 5 nitrogen and oxygen atoms in total. The van der Waals surface area contributed by atoms with E-state index >= 15 is 0 Å². The van der Waals surface area contributed by atoms with Crippen LogP contribution in [0.5, 0.6) is 11.5 Å². The van der Waals surface area contributed by atoms with Crippen molar-refractivity contribution in [3.05, 3.63) is 23.8 Å². The molecule has 20 heavy (non-hydrogen) atoms. The number of nitrogens with one attached hydrogen (secondary N) is 1. The van der Waals surface area contributed by atoms with Crippen LogP contribution in [-0.4, -0.2) is 25.2 Å². The van der Waals surface area contributed by atoms with Crippen molar-refractivity contribution in [1.82, 2.24) is 5.32 Å². The third-order valence-corrected chi connectivity index (χ3v) is 2.46. The zero-order valence-corrected chi connectivity index (χ0v) is 13.0. The lowest BCUT2D eigenvalue weighted by Crippen LogP contribution is -2.44. The number of aliphatic imine (C=N–C) groups is 1. The third-order valence-electron chi connectivity index (χ3n) is 2.46. The molecule has 0 fully saturated rings. The lowest BCUT2D eigenvalue weighted by Gasteiger charge is -2.21. The molecule has 0 aromatic heterocycles. The quantitative estimate of drug-likeness (QED) is 0.641. The maximum Gasteiger partial charge on any atom is 0.189 e. The molecule has 1 aromatic rings. The molecule has 0 amide bonds. The maximum absolute atomic E-state index is 5.84. The van der Waals surface area contributed by atoms with Crippen molar-refractivity contribution < 1.29 is 9.47 Å². The van der Waals surface area contributed by atoms with Crippen LogP contribution in [0.1, 0.15) is 33.3 Å². The SMILES string of the molecule is CCOc1ccc(CN=C(N)NC(C)(C)C)cc1OC. The Bertz CT molecular complexity index is 465. The molecular formula is C15H25N3O2. The van der Waals surface area contributed by atoms with Gasteiger partial charge in [-0.25, -0.2) is 4.99 Å². The Labute approximate surface area is 121 Å². The fourth-order valence-electron chi connectivity index (χ4n) is 1.69. The number of benzene rings is 1. The summed E-state index contributed by atoms with van der Waals surface area (Å²) in [5.74, 6) is 1.88. The molecule has 0 saturated heterocycles. The summed E-state index contributed by atoms with van der Waals surface area (Å²) in [5, 5.41) is 3.12. The first kappa shape index (κ1) is 16.1. The first-order valence-electron chi connectivity index (χ1n) is 6.73. The fraction of sp³-hybridized carbons (Fsp3) is 0.533. The molecule has 0 bridgehead atoms. The van der Waals surface area contributed by atoms with Crippen LogP contribution in [0.2, 0.25) is 0 Å². The van der Waals surface area contributed by atoms with Crippen LogP contribution in [0, 0.1) is 0 Å². The van der Waals surface area contributed by atoms with Gasteiger partial charge in [-0.05, 0) is 45.4 Å². The van der Waals surface area contributed by atoms with E-state index in [0.29, 0.717) is 24.9 Å². The number of ether oxygens (including phenoxy) is 2. The lowest BCUT2D eigenvalue weighted by molar-refractivity contribution is 0.310. The second kappa shape index (κ2) is 7.03. The molecule has 0 radical (unpaired) electrons. The summed E-state index contributed by atoms with van der Waals surface area (Å²) in [5.41, 5.74) is 6.76. The summed E-state index contributed by atoms with van der Waals surface area (Å²) in [6.45, 7) is 9.16. The minimum Gasteiger partial charge on any atom is -0.493 e. The van der Waals surface area contributed by atoms with E-state index in [1.807, 2.05) is 45.9 Å². The first-order chi connectivity index (χ1) is 9.35. The van der Waals surface area contributed by atoms with Crippen molar-refractivity contribution in [3.8, 4) is 11.5 Å². The van der Waals surface area contributed by atoms with Crippen LogP contribution < -0.4 is 20.5 Å². The zero-order chi connectivity index (χ0) is 15.2. The molecule has 0 unspecified atom stereocenters. The number of rotatable bonds is 5. The van der Waals surface area contributed by atoms with Gasteiger partial charge < -0.3 is 20.5 Å². The summed E-state index contributed by atoms with van der Waals surface area (Å²) < 4.78 is 10.8. The highest BCUT2D eigenvalue weighted by molar-refractivity contribution is 5.78. The predicted octanol–water partition coefficient (Wildman–Crippen LogP) is 2.30. The molecule has 3 N–H and O–H groups in total. The van der Waals surface area contributed by atoms with E-state index in [9.17, 15) is 0 Å². The number of hydrogen-bond acceptors (Lipinski definition) is 3. The Morgan fingerprint density at radius 1 is 1.30 bits per heavy atom. The van der Waals surface area contributed by atoms with Crippen molar-refractivity contribution in [2.45, 2.75) is 39.8 Å². The molecule has 0 atom stereocenters. The maximum atomic E-state index is 5.84. The van der Waals surface area contributed by atoms with Crippen LogP contribution in [-0.2, 0) is 6.54 Å². The summed E-state index contributed by atoms with van der Waals surface area (Å²) in [4.78, 5) is 4.32. The van der Waals surface area contributed by atoms with Crippen LogP contribution in [0.4, 0.5) is 0 Å². The first-order valence-corrected chi connectivity index (χ1v) is 6.73. The van der Waals surface area contributed by atoms with Gasteiger partial charge in [0.25, 0.3) is 0 Å². The van der Waals surface area contributed by atoms with Crippen molar-refractivity contribution in [2.24, 2.45) is 10.7 Å². The molecule has 0 saturated carbocycles. The van der Waals surface area contributed by atoms with Gasteiger partial charge in [-0.15, -0.1) is 0 Å². The molecule has 1 aromatic carbocycles. The Morgan fingerprint density at radius 2 is 2.00 bits per heavy atom. The molecular weight excluding hydrogens is 254 g/mol. The highest BCUT2D eigenvalue weighted by Gasteiger charge is 2.10. The smallest absolute Gasteiger partial charge is 0.189 e. The minimum atomic E-state index is -0.0932. The average molecular weight is 279 g/mol. The van der Waals surface area contributed by atoms with Crippen molar-refractivity contribution in [3.63, 3.8) is 0 Å². The van der Waals surface area contributed by atoms with Gasteiger partial charge in [0.15, 0.2) is 17.5 Å². The summed E-state index contributed by atoms with van der Waals surface area (Å²) in [7, 11) is 1.63. The molecule has 1 rings (SSSR count). The number of nitrogens with two attached hydrogens (primary N) is 1. The second-order valence-electron chi connectivity index (χ2n) is 5.49. The van der Waals surface area contributed by atoms with E-state index < -0.39 is 0 Å². The van der Waals surface area contributed by atoms with Gasteiger partial charge in [0.2, 0.25) is 0 Å². The zero-order valence-electron chi connectivity index (χ0n) is 13.0. The van der Waals surface area contributed by atoms with Gasteiger partial charge in [0.1, 0.15) is 0 Å². The molecule has 5 heteroatoms. The molecule has 0 aliphatic rings. The topological polar surface area (TPSA) is 68.9 Å². The number of methoxy groups -OCH3 is 1. The van der Waals surface area contributed by atoms with E-state index in [0.717, 1.165) is 11.3 Å². The van der Waals surface area contributed by atoms with E-state index in [1.54, 1.807) is 7.11 Å². The molecule has 0 spiro atoms. The van der Waals surface area contributed by atoms with Gasteiger partial charge in [-0.2, -0.15) is 0 Å². The predicted molar refractivity (Wildman–Crippen MR) is 82.4 cm³/mol. The molecule has 0 aliphatic carbocycles. The minimum absolute atomic E-state index is 0.0932. The van der Waals surface area contributed by atoms with Crippen LogP contribution >= 0.6 is 0 Å². The summed E-state index contributed by atoms with van der Waals surface area (Å²) >= 11 is 0. The summed E-state index contributed by atoms with van der Waals surface area (Å²) in [6, 6.07) is 5.76. The second-order valence-corrected chi connectivity index (χ2v) is 5.49. The molecule has 0 heterocycles. The summed E-state index contributed by atoms with van der Waals surface area (Å²) in [6.07, 6.45) is 0. The lowest BCUT2D eigenvalue weighted by atomic mass is 10.1. The van der Waals surface area contributed by atoms with Crippen LogP contribution in [0.15, 0.2) is 23.2 Å². The monoisotopic (exact) mass is 279 g/mol. The largest absolute Gasteiger partial charge is 0.493 e. The average Bonchev–Trinajstić information content (AvgIpc) is 2.36. The fourth-order valence-corrected chi connectivity index (χ4v) is 1.69. The van der Waals surface area contributed by atoms with Gasteiger partial charge in [-0.1, -0.05) is 6.07 Å². The van der Waals surface area contributed by atoms with E-state index in [-0.39, 0.29) is 5.54 Å². The number of hydrogen-bond donors (Lipinski definition) is 2. The Kier molecular flexibility index (Phi) is 5.67. The normalized spacial score (nSPS) is 12.2. The van der Waals surface area contributed by atoms with Crippen LogP contribution in [0.3, 0.4) is 0 Å². The van der Waals surface area contributed by atoms with Crippen LogP contribution in [0.25, 0.3) is 0 Å². The van der Waals surface area contributed by atoms with Crippen molar-refractivity contribution >= 4 is 5.96 Å².